The Bertz CT molecular complexity index is 1190. The van der Waals surface area contributed by atoms with Gasteiger partial charge in [-0.15, -0.1) is 11.3 Å². The lowest BCUT2D eigenvalue weighted by molar-refractivity contribution is 0.100. The zero-order valence-electron chi connectivity index (χ0n) is 16.2. The Morgan fingerprint density at radius 3 is 2.57 bits per heavy atom. The van der Waals surface area contributed by atoms with Crippen molar-refractivity contribution >= 4 is 37.9 Å². The second kappa shape index (κ2) is 8.50. The minimum atomic E-state index is -3.38. The number of aromatic nitrogens is 1. The van der Waals surface area contributed by atoms with Gasteiger partial charge in [0.1, 0.15) is 16.6 Å². The molecule has 10 heteroatoms. The number of sulfone groups is 1. The molecule has 7 nitrogen and oxygen atoms in total. The summed E-state index contributed by atoms with van der Waals surface area (Å²) in [7, 11) is -3.38. The van der Waals surface area contributed by atoms with Crippen LogP contribution in [0.4, 0.5) is 15.2 Å². The van der Waals surface area contributed by atoms with E-state index >= 15 is 0 Å². The molecule has 2 aromatic heterocycles. The van der Waals surface area contributed by atoms with Crippen LogP contribution in [0.25, 0.3) is 10.4 Å². The van der Waals surface area contributed by atoms with Crippen LogP contribution in [-0.2, 0) is 9.84 Å². The van der Waals surface area contributed by atoms with Crippen LogP contribution in [0.2, 0.25) is 0 Å². The molecule has 2 heterocycles. The number of benzene rings is 1. The van der Waals surface area contributed by atoms with Crippen LogP contribution < -0.4 is 11.1 Å². The van der Waals surface area contributed by atoms with Crippen LogP contribution >= 0.6 is 11.3 Å². The van der Waals surface area contributed by atoms with E-state index in [1.54, 1.807) is 19.1 Å². The number of nitrogens with zero attached hydrogens (tertiary/aromatic N) is 1. The highest BCUT2D eigenvalue weighted by molar-refractivity contribution is 7.90. The molecular formula is C20H20FN3O4S2. The number of rotatable bonds is 7. The summed E-state index contributed by atoms with van der Waals surface area (Å²) in [4.78, 5) is 16.5. The summed E-state index contributed by atoms with van der Waals surface area (Å²) in [6.07, 6.45) is 2.28. The average molecular weight is 450 g/mol. The summed E-state index contributed by atoms with van der Waals surface area (Å²) in [5, 5.41) is 12.6. The number of halogens is 1. The van der Waals surface area contributed by atoms with Gasteiger partial charge in [0, 0.05) is 35.4 Å². The van der Waals surface area contributed by atoms with Gasteiger partial charge in [0.05, 0.1) is 10.5 Å². The molecule has 30 heavy (non-hydrogen) atoms. The summed E-state index contributed by atoms with van der Waals surface area (Å²) < 4.78 is 37.8. The van der Waals surface area contributed by atoms with Crippen LogP contribution in [0.5, 0.6) is 0 Å². The van der Waals surface area contributed by atoms with Gasteiger partial charge in [-0.2, -0.15) is 0 Å². The first-order valence-electron chi connectivity index (χ1n) is 8.87. The molecule has 0 bridgehead atoms. The fraction of sp³-hybridized carbons (Fsp3) is 0.200. The van der Waals surface area contributed by atoms with E-state index < -0.39 is 21.6 Å². The van der Waals surface area contributed by atoms with E-state index in [9.17, 15) is 22.7 Å². The Morgan fingerprint density at radius 2 is 2.03 bits per heavy atom. The molecule has 1 aromatic carbocycles. The maximum absolute atomic E-state index is 14.7. The van der Waals surface area contributed by atoms with Crippen molar-refractivity contribution in [2.45, 2.75) is 17.7 Å². The maximum Gasteiger partial charge on any atom is 0.251 e. The first kappa shape index (κ1) is 21.9. The third kappa shape index (κ3) is 4.66. The first-order chi connectivity index (χ1) is 14.1. The highest BCUT2D eigenvalue weighted by Gasteiger charge is 2.18. The van der Waals surface area contributed by atoms with E-state index in [1.165, 1.54) is 30.5 Å². The first-order valence-corrected chi connectivity index (χ1v) is 11.6. The fourth-order valence-corrected chi connectivity index (χ4v) is 4.39. The molecular weight excluding hydrogens is 429 g/mol. The molecule has 0 radical (unpaired) electrons. The average Bonchev–Trinajstić information content (AvgIpc) is 3.10. The minimum Gasteiger partial charge on any atom is -0.396 e. The maximum atomic E-state index is 14.7. The normalized spacial score (nSPS) is 12.5. The molecule has 1 unspecified atom stereocenters. The number of primary amides is 1. The zero-order chi connectivity index (χ0) is 22.1. The van der Waals surface area contributed by atoms with Gasteiger partial charge in [0.15, 0.2) is 9.84 Å². The van der Waals surface area contributed by atoms with E-state index in [-0.39, 0.29) is 23.0 Å². The molecule has 0 saturated carbocycles. The molecule has 3 aromatic rings. The van der Waals surface area contributed by atoms with Gasteiger partial charge in [-0.05, 0) is 29.8 Å². The van der Waals surface area contributed by atoms with Gasteiger partial charge in [-0.25, -0.2) is 17.8 Å². The van der Waals surface area contributed by atoms with Gasteiger partial charge in [-0.3, -0.25) is 4.79 Å². The monoisotopic (exact) mass is 449 g/mol. The fourth-order valence-electron chi connectivity index (χ4n) is 2.73. The predicted octanol–water partition coefficient (Wildman–Crippen LogP) is 3.29. The Kier molecular flexibility index (Phi) is 6.20. The Hall–Kier alpha value is -2.82. The Balaban J connectivity index is 1.95. The highest BCUT2D eigenvalue weighted by Crippen LogP contribution is 2.38. The van der Waals surface area contributed by atoms with Crippen molar-refractivity contribution in [1.82, 2.24) is 4.98 Å². The molecule has 0 fully saturated rings. The number of nitrogens with two attached hydrogens (primary N) is 1. The quantitative estimate of drug-likeness (QED) is 0.509. The van der Waals surface area contributed by atoms with Crippen molar-refractivity contribution in [1.29, 1.82) is 0 Å². The number of carbonyl (C=O) groups is 1. The molecule has 0 aliphatic rings. The third-order valence-electron chi connectivity index (χ3n) is 4.51. The Morgan fingerprint density at radius 1 is 1.30 bits per heavy atom. The van der Waals surface area contributed by atoms with Crippen molar-refractivity contribution in [2.75, 3.05) is 18.2 Å². The molecule has 1 amide bonds. The van der Waals surface area contributed by atoms with Gasteiger partial charge >= 0.3 is 0 Å². The van der Waals surface area contributed by atoms with Crippen molar-refractivity contribution in [3.63, 3.8) is 0 Å². The molecule has 4 N–H and O–H groups in total. The van der Waals surface area contributed by atoms with E-state index in [4.69, 9.17) is 5.73 Å². The second-order valence-corrected chi connectivity index (χ2v) is 9.88. The van der Waals surface area contributed by atoms with Crippen LogP contribution in [-0.4, -0.2) is 37.3 Å². The van der Waals surface area contributed by atoms with E-state index in [0.29, 0.717) is 26.8 Å². The van der Waals surface area contributed by atoms with Gasteiger partial charge < -0.3 is 16.2 Å². The van der Waals surface area contributed by atoms with Crippen molar-refractivity contribution < 1.29 is 22.7 Å². The molecule has 0 spiro atoms. The lowest BCUT2D eigenvalue weighted by Gasteiger charge is -2.09. The van der Waals surface area contributed by atoms with Crippen LogP contribution in [0.15, 0.2) is 47.5 Å². The molecule has 1 atom stereocenters. The largest absolute Gasteiger partial charge is 0.396 e. The van der Waals surface area contributed by atoms with Crippen LogP contribution in [0.3, 0.4) is 0 Å². The van der Waals surface area contributed by atoms with Crippen LogP contribution in [0.1, 0.15) is 28.8 Å². The van der Waals surface area contributed by atoms with E-state index in [1.807, 2.05) is 0 Å². The van der Waals surface area contributed by atoms with Crippen molar-refractivity contribution in [3.8, 4) is 10.4 Å². The molecule has 3 rings (SSSR count). The van der Waals surface area contributed by atoms with Crippen molar-refractivity contribution in [3.05, 3.63) is 59.5 Å². The van der Waals surface area contributed by atoms with Crippen molar-refractivity contribution in [2.24, 2.45) is 5.73 Å². The Labute approximate surface area is 177 Å². The lowest BCUT2D eigenvalue weighted by Crippen LogP contribution is -2.11. The number of aliphatic hydroxyl groups is 1. The topological polar surface area (TPSA) is 122 Å². The predicted molar refractivity (Wildman–Crippen MR) is 114 cm³/mol. The minimum absolute atomic E-state index is 0.0642. The van der Waals surface area contributed by atoms with Crippen LogP contribution in [0, 0.1) is 5.82 Å². The molecule has 0 aliphatic heterocycles. The SMILES string of the molecule is CC(CO)c1ccc(-c2cc(C(N)=O)c(Nc3ccc(S(C)(=O)=O)cn3)s2)c(F)c1. The summed E-state index contributed by atoms with van der Waals surface area (Å²) >= 11 is 1.12. The number of anilines is 2. The summed E-state index contributed by atoms with van der Waals surface area (Å²) in [5.41, 5.74) is 6.59. The third-order valence-corrected chi connectivity index (χ3v) is 6.69. The van der Waals surface area contributed by atoms with E-state index in [0.717, 1.165) is 17.6 Å². The van der Waals surface area contributed by atoms with Gasteiger partial charge in [0.25, 0.3) is 5.91 Å². The number of aliphatic hydroxyl groups excluding tert-OH is 1. The number of nitrogens with one attached hydrogen (secondary N) is 1. The van der Waals surface area contributed by atoms with E-state index in [2.05, 4.69) is 10.3 Å². The lowest BCUT2D eigenvalue weighted by atomic mass is 9.99. The van der Waals surface area contributed by atoms with Gasteiger partial charge in [-0.1, -0.05) is 19.1 Å². The summed E-state index contributed by atoms with van der Waals surface area (Å²) in [6.45, 7) is 1.69. The van der Waals surface area contributed by atoms with Gasteiger partial charge in [0.2, 0.25) is 0 Å². The number of pyridine rings is 1. The summed E-state index contributed by atoms with van der Waals surface area (Å²) in [5.74, 6) is -1.06. The highest BCUT2D eigenvalue weighted by atomic mass is 32.2. The smallest absolute Gasteiger partial charge is 0.251 e. The summed E-state index contributed by atoms with van der Waals surface area (Å²) in [6, 6.07) is 9.03. The number of hydrogen-bond donors (Lipinski definition) is 3. The second-order valence-electron chi connectivity index (χ2n) is 6.82. The molecule has 0 aliphatic carbocycles. The standard InChI is InChI=1S/C20H20FN3O4S2/c1-11(10-25)12-3-5-14(16(21)7-12)17-8-15(19(22)26)20(29-17)24-18-6-4-13(9-23-18)30(2,27)28/h3-9,11,25H,10H2,1-2H3,(H2,22,26)(H,23,24). The molecule has 158 valence electrons. The number of amides is 1. The molecule has 0 saturated heterocycles. The zero-order valence-corrected chi connectivity index (χ0v) is 17.8. The number of hydrogen-bond acceptors (Lipinski definition) is 7. The number of carbonyl (C=O) groups excluding carboxylic acids is 1. The number of thiophene rings is 1.